The second-order valence-electron chi connectivity index (χ2n) is 5.25. The minimum absolute atomic E-state index is 0.0456. The Hall–Kier alpha value is -1.84. The van der Waals surface area contributed by atoms with Gasteiger partial charge in [-0.1, -0.05) is 19.1 Å². The Morgan fingerprint density at radius 2 is 2.20 bits per heavy atom. The van der Waals surface area contributed by atoms with Crippen molar-refractivity contribution in [3.8, 4) is 0 Å². The lowest BCUT2D eigenvalue weighted by atomic mass is 9.94. The Kier molecular flexibility index (Phi) is 5.59. The molecule has 0 fully saturated rings. The second-order valence-corrected chi connectivity index (χ2v) is 5.25. The van der Waals surface area contributed by atoms with Crippen LogP contribution in [0.5, 0.6) is 0 Å². The zero-order valence-corrected chi connectivity index (χ0v) is 12.0. The molecule has 2 unspecified atom stereocenters. The third-order valence-corrected chi connectivity index (χ3v) is 3.75. The molecule has 0 radical (unpaired) electrons. The van der Waals surface area contributed by atoms with Crippen molar-refractivity contribution in [2.24, 2.45) is 5.92 Å². The summed E-state index contributed by atoms with van der Waals surface area (Å²) in [5.41, 5.74) is 1.10. The number of hydrogen-bond donors (Lipinski definition) is 2. The van der Waals surface area contributed by atoms with Crippen LogP contribution in [-0.2, 0) is 0 Å². The van der Waals surface area contributed by atoms with Gasteiger partial charge in [-0.3, -0.25) is 4.98 Å². The molecule has 2 rings (SSSR count). The summed E-state index contributed by atoms with van der Waals surface area (Å²) in [4.78, 5) is 16.0. The summed E-state index contributed by atoms with van der Waals surface area (Å²) in [7, 11) is 0. The number of nitrogens with one attached hydrogen (secondary N) is 2. The molecule has 1 aromatic rings. The molecule has 20 heavy (non-hydrogen) atoms. The third-order valence-electron chi connectivity index (χ3n) is 3.75. The van der Waals surface area contributed by atoms with E-state index < -0.39 is 0 Å². The molecule has 1 aromatic heterocycles. The predicted molar refractivity (Wildman–Crippen MR) is 80.3 cm³/mol. The first-order valence-electron chi connectivity index (χ1n) is 7.39. The maximum atomic E-state index is 12.0. The summed E-state index contributed by atoms with van der Waals surface area (Å²) in [5, 5.41) is 6.01. The molecule has 0 aliphatic heterocycles. The Labute approximate surface area is 120 Å². The van der Waals surface area contributed by atoms with Gasteiger partial charge in [0.2, 0.25) is 0 Å². The lowest BCUT2D eigenvalue weighted by Gasteiger charge is -2.21. The molecule has 1 heterocycles. The minimum atomic E-state index is -0.0804. The van der Waals surface area contributed by atoms with Gasteiger partial charge in [-0.15, -0.1) is 0 Å². The minimum Gasteiger partial charge on any atom is -0.338 e. The SMILES string of the molecule is CCC(NC(=O)NCC1CC=CCC1)c1ccncc1. The number of amides is 2. The van der Waals surface area contributed by atoms with E-state index in [1.807, 2.05) is 12.1 Å². The summed E-state index contributed by atoms with van der Waals surface area (Å²) >= 11 is 0. The van der Waals surface area contributed by atoms with Gasteiger partial charge in [0.1, 0.15) is 0 Å². The fourth-order valence-corrected chi connectivity index (χ4v) is 2.50. The molecular weight excluding hydrogens is 250 g/mol. The smallest absolute Gasteiger partial charge is 0.315 e. The van der Waals surface area contributed by atoms with Crippen LogP contribution in [0.1, 0.15) is 44.2 Å². The highest BCUT2D eigenvalue weighted by Gasteiger charge is 2.14. The number of aromatic nitrogens is 1. The summed E-state index contributed by atoms with van der Waals surface area (Å²) in [5.74, 6) is 0.576. The van der Waals surface area contributed by atoms with E-state index in [4.69, 9.17) is 0 Å². The van der Waals surface area contributed by atoms with Crippen LogP contribution in [0.4, 0.5) is 4.79 Å². The maximum absolute atomic E-state index is 12.0. The van der Waals surface area contributed by atoms with Crippen molar-refractivity contribution in [2.75, 3.05) is 6.54 Å². The van der Waals surface area contributed by atoms with Crippen LogP contribution in [0.15, 0.2) is 36.7 Å². The first kappa shape index (κ1) is 14.6. The van der Waals surface area contributed by atoms with Crippen molar-refractivity contribution in [3.63, 3.8) is 0 Å². The summed E-state index contributed by atoms with van der Waals surface area (Å²) in [6.07, 6.45) is 12.2. The molecule has 0 aromatic carbocycles. The average molecular weight is 273 g/mol. The van der Waals surface area contributed by atoms with Crippen LogP contribution >= 0.6 is 0 Å². The molecule has 108 valence electrons. The Morgan fingerprint density at radius 1 is 1.40 bits per heavy atom. The van der Waals surface area contributed by atoms with E-state index in [1.165, 1.54) is 6.42 Å². The highest BCUT2D eigenvalue weighted by molar-refractivity contribution is 5.74. The number of carbonyl (C=O) groups excluding carboxylic acids is 1. The lowest BCUT2D eigenvalue weighted by molar-refractivity contribution is 0.234. The fourth-order valence-electron chi connectivity index (χ4n) is 2.50. The highest BCUT2D eigenvalue weighted by atomic mass is 16.2. The first-order chi connectivity index (χ1) is 9.79. The molecule has 2 amide bonds. The predicted octanol–water partition coefficient (Wildman–Crippen LogP) is 3.19. The van der Waals surface area contributed by atoms with Gasteiger partial charge in [0.05, 0.1) is 6.04 Å². The Balaban J connectivity index is 1.79. The summed E-state index contributed by atoms with van der Waals surface area (Å²) in [6.45, 7) is 2.82. The van der Waals surface area contributed by atoms with Gasteiger partial charge in [-0.2, -0.15) is 0 Å². The van der Waals surface area contributed by atoms with E-state index in [2.05, 4.69) is 34.7 Å². The molecule has 0 saturated carbocycles. The van der Waals surface area contributed by atoms with Crippen molar-refractivity contribution in [2.45, 2.75) is 38.6 Å². The van der Waals surface area contributed by atoms with E-state index in [0.29, 0.717) is 5.92 Å². The second kappa shape index (κ2) is 7.68. The molecule has 2 N–H and O–H groups in total. The number of urea groups is 1. The number of carbonyl (C=O) groups is 1. The molecular formula is C16H23N3O. The van der Waals surface area contributed by atoms with Crippen LogP contribution in [0.2, 0.25) is 0 Å². The van der Waals surface area contributed by atoms with Crippen LogP contribution < -0.4 is 10.6 Å². The third kappa shape index (κ3) is 4.37. The van der Waals surface area contributed by atoms with Crippen molar-refractivity contribution in [3.05, 3.63) is 42.2 Å². The monoisotopic (exact) mass is 273 g/mol. The Bertz CT molecular complexity index is 444. The number of rotatable bonds is 5. The standard InChI is InChI=1S/C16H23N3O/c1-2-15(14-8-10-17-11-9-14)19-16(20)18-12-13-6-4-3-5-7-13/h3-4,8-11,13,15H,2,5-7,12H2,1H3,(H2,18,19,20). The first-order valence-corrected chi connectivity index (χ1v) is 7.39. The summed E-state index contributed by atoms with van der Waals surface area (Å²) in [6, 6.07) is 3.85. The number of pyridine rings is 1. The zero-order chi connectivity index (χ0) is 14.2. The van der Waals surface area contributed by atoms with Gasteiger partial charge >= 0.3 is 6.03 Å². The van der Waals surface area contributed by atoms with Gasteiger partial charge in [0, 0.05) is 18.9 Å². The van der Waals surface area contributed by atoms with E-state index >= 15 is 0 Å². The lowest BCUT2D eigenvalue weighted by Crippen LogP contribution is -2.40. The highest BCUT2D eigenvalue weighted by Crippen LogP contribution is 2.17. The van der Waals surface area contributed by atoms with E-state index in [-0.39, 0.29) is 12.1 Å². The van der Waals surface area contributed by atoms with Gasteiger partial charge in [0.25, 0.3) is 0 Å². The number of hydrogen-bond acceptors (Lipinski definition) is 2. The van der Waals surface area contributed by atoms with E-state index in [0.717, 1.165) is 31.4 Å². The fraction of sp³-hybridized carbons (Fsp3) is 0.500. The van der Waals surface area contributed by atoms with Crippen molar-refractivity contribution < 1.29 is 4.79 Å². The maximum Gasteiger partial charge on any atom is 0.315 e. The van der Waals surface area contributed by atoms with Crippen LogP contribution in [0.25, 0.3) is 0 Å². The van der Waals surface area contributed by atoms with E-state index in [1.54, 1.807) is 12.4 Å². The van der Waals surface area contributed by atoms with Crippen molar-refractivity contribution in [1.82, 2.24) is 15.6 Å². The van der Waals surface area contributed by atoms with Gasteiger partial charge in [0.15, 0.2) is 0 Å². The van der Waals surface area contributed by atoms with Crippen LogP contribution in [-0.4, -0.2) is 17.6 Å². The van der Waals surface area contributed by atoms with E-state index in [9.17, 15) is 4.79 Å². The van der Waals surface area contributed by atoms with Crippen molar-refractivity contribution in [1.29, 1.82) is 0 Å². The quantitative estimate of drug-likeness (QED) is 0.809. The number of allylic oxidation sites excluding steroid dienone is 2. The molecule has 0 spiro atoms. The van der Waals surface area contributed by atoms with Crippen LogP contribution in [0.3, 0.4) is 0 Å². The molecule has 2 atom stereocenters. The van der Waals surface area contributed by atoms with Gasteiger partial charge < -0.3 is 10.6 Å². The average Bonchev–Trinajstić information content (AvgIpc) is 2.52. The summed E-state index contributed by atoms with van der Waals surface area (Å²) < 4.78 is 0. The Morgan fingerprint density at radius 3 is 2.85 bits per heavy atom. The molecule has 0 bridgehead atoms. The molecule has 4 nitrogen and oxygen atoms in total. The zero-order valence-electron chi connectivity index (χ0n) is 12.0. The topological polar surface area (TPSA) is 54.0 Å². The molecule has 4 heteroatoms. The number of nitrogens with zero attached hydrogens (tertiary/aromatic N) is 1. The van der Waals surface area contributed by atoms with Crippen LogP contribution in [0, 0.1) is 5.92 Å². The molecule has 0 saturated heterocycles. The largest absolute Gasteiger partial charge is 0.338 e. The normalized spacial score (nSPS) is 19.4. The van der Waals surface area contributed by atoms with Crippen molar-refractivity contribution >= 4 is 6.03 Å². The van der Waals surface area contributed by atoms with Gasteiger partial charge in [-0.25, -0.2) is 4.79 Å². The molecule has 1 aliphatic carbocycles. The van der Waals surface area contributed by atoms with Gasteiger partial charge in [-0.05, 0) is 49.3 Å². The molecule has 1 aliphatic rings.